The number of aromatic nitrogens is 3. The zero-order chi connectivity index (χ0) is 33.5. The predicted molar refractivity (Wildman–Crippen MR) is 205 cm³/mol. The standard InChI is InChI=1S/C45H27N3O2Si.Ni/c1-3-12-28(13-4-1)51(29-14-5-2-6-15-29)43-35-18-8-7-16-30(35)34-23-25-40-42(41(34)43)47-45(50-40)48-38-20-10-9-17-32(38)36-22-24-37(46-44(36)48)31-19-11-21-39-33(31)26-27-49-39;/h1-25,27,43H;/q-1;. The van der Waals surface area contributed by atoms with E-state index >= 15 is 0 Å². The average molecular weight is 729 g/mol. The van der Waals surface area contributed by atoms with Crippen LogP contribution < -0.4 is 10.4 Å². The van der Waals surface area contributed by atoms with Crippen LogP contribution in [0.5, 0.6) is 0 Å². The molecule has 1 radical (unpaired) electrons. The third-order valence-electron chi connectivity index (χ3n) is 10.3. The van der Waals surface area contributed by atoms with Crippen LogP contribution in [-0.4, -0.2) is 23.3 Å². The van der Waals surface area contributed by atoms with Gasteiger partial charge in [-0.1, -0.05) is 137 Å². The molecule has 5 nitrogen and oxygen atoms in total. The molecule has 52 heavy (non-hydrogen) atoms. The van der Waals surface area contributed by atoms with Crippen LogP contribution in [0.4, 0.5) is 0 Å². The summed E-state index contributed by atoms with van der Waals surface area (Å²) in [6.07, 6.45) is 1.61. The summed E-state index contributed by atoms with van der Waals surface area (Å²) in [5.74, 6) is 0. The van der Waals surface area contributed by atoms with Gasteiger partial charge in [-0.05, 0) is 46.5 Å². The first-order valence-corrected chi connectivity index (χ1v) is 18.7. The number of benzene rings is 6. The predicted octanol–water partition coefficient (Wildman–Crippen LogP) is 9.49. The number of furan rings is 1. The number of hydrogen-bond donors (Lipinski definition) is 0. The Morgan fingerprint density at radius 1 is 0.596 bits per heavy atom. The number of para-hydroxylation sites is 1. The van der Waals surface area contributed by atoms with Gasteiger partial charge < -0.3 is 8.83 Å². The summed E-state index contributed by atoms with van der Waals surface area (Å²) in [6.45, 7) is 0. The minimum absolute atomic E-state index is 0. The Labute approximate surface area is 310 Å². The van der Waals surface area contributed by atoms with Gasteiger partial charge in [-0.3, -0.25) is 0 Å². The van der Waals surface area contributed by atoms with Crippen LogP contribution in [-0.2, 0) is 16.5 Å². The van der Waals surface area contributed by atoms with Gasteiger partial charge in [0.15, 0.2) is 5.58 Å². The minimum atomic E-state index is -1.36. The molecule has 4 aromatic heterocycles. The molecule has 0 fully saturated rings. The van der Waals surface area contributed by atoms with Crippen molar-refractivity contribution in [2.75, 3.05) is 0 Å². The average Bonchev–Trinajstić information content (AvgIpc) is 3.98. The Morgan fingerprint density at radius 3 is 2.15 bits per heavy atom. The van der Waals surface area contributed by atoms with Crippen molar-refractivity contribution in [2.24, 2.45) is 0 Å². The number of hydrogen-bond acceptors (Lipinski definition) is 4. The molecule has 0 amide bonds. The van der Waals surface area contributed by atoms with Crippen LogP contribution in [0.25, 0.3) is 72.4 Å². The summed E-state index contributed by atoms with van der Waals surface area (Å²) >= 11 is 0. The van der Waals surface area contributed by atoms with Crippen molar-refractivity contribution in [3.8, 4) is 28.4 Å². The fourth-order valence-electron chi connectivity index (χ4n) is 8.14. The molecular formula is C45H27N3NiO2Si-. The molecule has 0 bridgehead atoms. The summed E-state index contributed by atoms with van der Waals surface area (Å²) < 4.78 is 14.6. The van der Waals surface area contributed by atoms with Crippen LogP contribution in [0.3, 0.4) is 0 Å². The quantitative estimate of drug-likeness (QED) is 0.131. The molecule has 0 saturated carbocycles. The van der Waals surface area contributed by atoms with Crippen LogP contribution in [0.15, 0.2) is 167 Å². The van der Waals surface area contributed by atoms with Crippen molar-refractivity contribution in [3.05, 3.63) is 175 Å². The van der Waals surface area contributed by atoms with Crippen molar-refractivity contribution in [1.29, 1.82) is 0 Å². The molecule has 11 rings (SSSR count). The number of nitrogens with zero attached hydrogens (tertiary/aromatic N) is 3. The van der Waals surface area contributed by atoms with E-state index in [0.29, 0.717) is 6.01 Å². The number of pyridine rings is 1. The van der Waals surface area contributed by atoms with E-state index in [9.17, 15) is 0 Å². The van der Waals surface area contributed by atoms with Gasteiger partial charge in [-0.15, -0.1) is 17.5 Å². The van der Waals surface area contributed by atoms with Crippen LogP contribution >= 0.6 is 0 Å². The van der Waals surface area contributed by atoms with Gasteiger partial charge in [0.2, 0.25) is 0 Å². The molecule has 0 N–H and O–H groups in total. The zero-order valence-corrected chi connectivity index (χ0v) is 29.6. The van der Waals surface area contributed by atoms with Crippen LogP contribution in [0.2, 0.25) is 0 Å². The van der Waals surface area contributed by atoms with E-state index in [-0.39, 0.29) is 22.0 Å². The maximum Gasteiger partial charge on any atom is 0.309 e. The molecule has 6 aromatic carbocycles. The molecule has 0 spiro atoms. The van der Waals surface area contributed by atoms with Crippen molar-refractivity contribution in [1.82, 2.24) is 14.5 Å². The molecular weight excluding hydrogens is 701 g/mol. The first kappa shape index (κ1) is 30.8. The van der Waals surface area contributed by atoms with Gasteiger partial charge in [0.25, 0.3) is 0 Å². The normalized spacial score (nSPS) is 13.6. The van der Waals surface area contributed by atoms with E-state index < -0.39 is 8.80 Å². The van der Waals surface area contributed by atoms with Gasteiger partial charge in [-0.2, -0.15) is 4.98 Å². The molecule has 7 heteroatoms. The Hall–Kier alpha value is -6.01. The number of fused-ring (bicyclic) bond motifs is 9. The summed E-state index contributed by atoms with van der Waals surface area (Å²) in [4.78, 5) is 10.7. The van der Waals surface area contributed by atoms with Crippen LogP contribution in [0, 0.1) is 6.07 Å². The topological polar surface area (TPSA) is 57.0 Å². The SMILES string of the molecule is [Ni].[c-]1coc2cccc(-c3ccc4c5ccccc5n(-c5nc6c7c(ccc6o5)-c5ccccc5C7[Si](c5ccccc5)c5ccccc5)c4n3)c12. The van der Waals surface area contributed by atoms with Gasteiger partial charge in [0.1, 0.15) is 20.0 Å². The molecule has 1 aliphatic rings. The molecule has 0 saturated heterocycles. The number of oxazole rings is 1. The van der Waals surface area contributed by atoms with E-state index in [4.69, 9.17) is 18.8 Å². The van der Waals surface area contributed by atoms with Crippen molar-refractivity contribution >= 4 is 63.2 Å². The molecule has 4 heterocycles. The number of rotatable bonds is 5. The zero-order valence-electron chi connectivity index (χ0n) is 27.6. The van der Waals surface area contributed by atoms with Gasteiger partial charge >= 0.3 is 6.01 Å². The maximum absolute atomic E-state index is 6.80. The first-order chi connectivity index (χ1) is 25.3. The van der Waals surface area contributed by atoms with Gasteiger partial charge in [-0.25, -0.2) is 9.55 Å². The summed E-state index contributed by atoms with van der Waals surface area (Å²) in [5, 5.41) is 5.77. The van der Waals surface area contributed by atoms with E-state index in [0.717, 1.165) is 55.3 Å². The van der Waals surface area contributed by atoms with E-state index in [1.54, 1.807) is 6.26 Å². The Bertz CT molecular complexity index is 2910. The largest absolute Gasteiger partial charge is 0.535 e. The monoisotopic (exact) mass is 727 g/mol. The van der Waals surface area contributed by atoms with Gasteiger partial charge in [0.05, 0.1) is 5.52 Å². The molecule has 10 aromatic rings. The molecule has 1 unspecified atom stereocenters. The van der Waals surface area contributed by atoms with Crippen LogP contribution in [0.1, 0.15) is 16.7 Å². The molecule has 249 valence electrons. The third kappa shape index (κ3) is 4.53. The minimum Gasteiger partial charge on any atom is -0.535 e. The smallest absolute Gasteiger partial charge is 0.309 e. The second kappa shape index (κ2) is 12.1. The summed E-state index contributed by atoms with van der Waals surface area (Å²) in [5.41, 5.74) is 11.2. The van der Waals surface area contributed by atoms with E-state index in [1.165, 1.54) is 32.6 Å². The third-order valence-corrected chi connectivity index (χ3v) is 13.4. The second-order valence-electron chi connectivity index (χ2n) is 13.0. The Kier molecular flexibility index (Phi) is 7.14. The van der Waals surface area contributed by atoms with E-state index in [1.807, 2.05) is 12.1 Å². The van der Waals surface area contributed by atoms with Crippen molar-refractivity contribution < 1.29 is 25.3 Å². The second-order valence-corrected chi connectivity index (χ2v) is 15.6. The van der Waals surface area contributed by atoms with Gasteiger partial charge in [0, 0.05) is 50.3 Å². The Morgan fingerprint density at radius 2 is 1.33 bits per heavy atom. The van der Waals surface area contributed by atoms with Crippen molar-refractivity contribution in [3.63, 3.8) is 0 Å². The fourth-order valence-corrected chi connectivity index (χ4v) is 11.4. The molecule has 1 atom stereocenters. The maximum atomic E-state index is 6.80. The summed E-state index contributed by atoms with van der Waals surface area (Å²) in [7, 11) is -1.36. The van der Waals surface area contributed by atoms with E-state index in [2.05, 4.69) is 150 Å². The Balaban J connectivity index is 0.00000338. The summed E-state index contributed by atoms with van der Waals surface area (Å²) in [6, 6.07) is 57.6. The fraction of sp³-hybridized carbons (Fsp3) is 0.0222. The molecule has 0 aliphatic heterocycles. The van der Waals surface area contributed by atoms with Crippen molar-refractivity contribution in [2.45, 2.75) is 5.54 Å². The first-order valence-electron chi connectivity index (χ1n) is 17.1. The molecule has 1 aliphatic carbocycles.